The van der Waals surface area contributed by atoms with Gasteiger partial charge >= 0.3 is 5.97 Å². The zero-order valence-electron chi connectivity index (χ0n) is 8.35. The summed E-state index contributed by atoms with van der Waals surface area (Å²) < 4.78 is 0. The summed E-state index contributed by atoms with van der Waals surface area (Å²) in [7, 11) is 0. The zero-order valence-corrected chi connectivity index (χ0v) is 8.35. The van der Waals surface area contributed by atoms with Crippen LogP contribution in [-0.2, 0) is 14.6 Å². The number of hydrogen-bond donors (Lipinski definition) is 0. The molecule has 72 valence electrons. The molecule has 0 spiro atoms. The zero-order chi connectivity index (χ0) is 9.61. The third-order valence-corrected chi connectivity index (χ3v) is 1.67. The Morgan fingerprint density at radius 2 is 1.92 bits per heavy atom. The number of rotatable bonds is 5. The van der Waals surface area contributed by atoms with Crippen LogP contribution in [0.4, 0.5) is 0 Å². The maximum Gasteiger partial charge on any atom is 0.342 e. The van der Waals surface area contributed by atoms with Crippen LogP contribution in [0.15, 0.2) is 0 Å². The van der Waals surface area contributed by atoms with Gasteiger partial charge in [0.05, 0.1) is 0 Å². The van der Waals surface area contributed by atoms with Crippen LogP contribution in [0.25, 0.3) is 0 Å². The predicted octanol–water partition coefficient (Wildman–Crippen LogP) is 2.45. The second-order valence-electron chi connectivity index (χ2n) is 3.40. The van der Waals surface area contributed by atoms with E-state index in [1.54, 1.807) is 0 Å². The topological polar surface area (TPSA) is 35.5 Å². The van der Waals surface area contributed by atoms with Crippen molar-refractivity contribution in [1.82, 2.24) is 0 Å². The lowest BCUT2D eigenvalue weighted by atomic mass is 10.1. The average molecular weight is 174 g/mol. The molecule has 0 unspecified atom stereocenters. The van der Waals surface area contributed by atoms with Crippen LogP contribution in [0.2, 0.25) is 0 Å². The highest BCUT2D eigenvalue weighted by atomic mass is 17.2. The molecule has 0 saturated carbocycles. The molecule has 3 nitrogen and oxygen atoms in total. The normalized spacial score (nSPS) is 11.3. The minimum Gasteiger partial charge on any atom is -0.298 e. The Bertz CT molecular complexity index is 141. The van der Waals surface area contributed by atoms with Crippen LogP contribution in [0.5, 0.6) is 0 Å². The molecule has 0 aliphatic rings. The predicted molar refractivity (Wildman–Crippen MR) is 46.5 cm³/mol. The van der Waals surface area contributed by atoms with Crippen molar-refractivity contribution in [2.75, 3.05) is 0 Å². The fraction of sp³-hybridized carbons (Fsp3) is 0.889. The first kappa shape index (κ1) is 11.4. The average Bonchev–Trinajstić information content (AvgIpc) is 2.02. The molecular formula is C9H18O3. The van der Waals surface area contributed by atoms with E-state index in [9.17, 15) is 4.79 Å². The molecule has 0 aromatic carbocycles. The van der Waals surface area contributed by atoms with Crippen molar-refractivity contribution in [3.05, 3.63) is 0 Å². The molecule has 12 heavy (non-hydrogen) atoms. The van der Waals surface area contributed by atoms with Crippen molar-refractivity contribution in [1.29, 1.82) is 0 Å². The second-order valence-corrected chi connectivity index (χ2v) is 3.40. The van der Waals surface area contributed by atoms with Crippen LogP contribution >= 0.6 is 0 Å². The maximum atomic E-state index is 10.9. The van der Waals surface area contributed by atoms with Crippen molar-refractivity contribution in [2.24, 2.45) is 0 Å². The smallest absolute Gasteiger partial charge is 0.298 e. The Balaban J connectivity index is 3.60. The van der Waals surface area contributed by atoms with E-state index in [1.165, 1.54) is 0 Å². The van der Waals surface area contributed by atoms with Crippen molar-refractivity contribution >= 4 is 5.97 Å². The summed E-state index contributed by atoms with van der Waals surface area (Å²) in [5, 5.41) is 0. The summed E-state index contributed by atoms with van der Waals surface area (Å²) in [5.41, 5.74) is -0.372. The molecule has 0 fully saturated rings. The van der Waals surface area contributed by atoms with E-state index in [-0.39, 0.29) is 11.6 Å². The van der Waals surface area contributed by atoms with Gasteiger partial charge in [-0.1, -0.05) is 13.8 Å². The van der Waals surface area contributed by atoms with Crippen molar-refractivity contribution in [2.45, 2.75) is 52.6 Å². The summed E-state index contributed by atoms with van der Waals surface area (Å²) >= 11 is 0. The minimum atomic E-state index is -0.372. The molecule has 0 radical (unpaired) electrons. The lowest BCUT2D eigenvalue weighted by Gasteiger charge is -2.20. The summed E-state index contributed by atoms with van der Waals surface area (Å²) in [6.45, 7) is 7.67. The number of hydrogen-bond acceptors (Lipinski definition) is 3. The number of carbonyl (C=O) groups is 1. The molecule has 0 aliphatic heterocycles. The van der Waals surface area contributed by atoms with Crippen molar-refractivity contribution in [3.63, 3.8) is 0 Å². The first-order valence-electron chi connectivity index (χ1n) is 4.40. The molecule has 0 atom stereocenters. The van der Waals surface area contributed by atoms with E-state index in [0.29, 0.717) is 6.42 Å². The molecule has 0 aromatic rings. The first-order valence-corrected chi connectivity index (χ1v) is 4.40. The Hall–Kier alpha value is -0.570. The third-order valence-electron chi connectivity index (χ3n) is 1.67. The molecule has 0 bridgehead atoms. The Kier molecular flexibility index (Phi) is 4.90. The second kappa shape index (κ2) is 5.14. The van der Waals surface area contributed by atoms with Gasteiger partial charge in [-0.3, -0.25) is 4.89 Å². The largest absolute Gasteiger partial charge is 0.342 e. The molecule has 0 aliphatic carbocycles. The molecular weight excluding hydrogens is 156 g/mol. The van der Waals surface area contributed by atoms with Gasteiger partial charge in [0.1, 0.15) is 5.60 Å². The lowest BCUT2D eigenvalue weighted by Crippen LogP contribution is -2.25. The molecule has 0 heterocycles. The quantitative estimate of drug-likeness (QED) is 0.474. The van der Waals surface area contributed by atoms with E-state index in [4.69, 9.17) is 4.89 Å². The standard InChI is InChI=1S/C9H18O3/c1-5-7-8(10)11-12-9(3,4)6-2/h5-7H2,1-4H3. The van der Waals surface area contributed by atoms with Gasteiger partial charge in [0, 0.05) is 6.42 Å². The van der Waals surface area contributed by atoms with Crippen molar-refractivity contribution in [3.8, 4) is 0 Å². The maximum absolute atomic E-state index is 10.9. The van der Waals surface area contributed by atoms with Crippen LogP contribution in [-0.4, -0.2) is 11.6 Å². The lowest BCUT2D eigenvalue weighted by molar-refractivity contribution is -0.325. The molecule has 0 amide bonds. The molecule has 0 N–H and O–H groups in total. The van der Waals surface area contributed by atoms with Gasteiger partial charge in [-0.2, -0.15) is 4.89 Å². The van der Waals surface area contributed by atoms with Gasteiger partial charge in [0.15, 0.2) is 0 Å². The van der Waals surface area contributed by atoms with Gasteiger partial charge in [0.25, 0.3) is 0 Å². The Morgan fingerprint density at radius 3 is 2.33 bits per heavy atom. The minimum absolute atomic E-state index is 0.293. The highest BCUT2D eigenvalue weighted by molar-refractivity contribution is 5.68. The van der Waals surface area contributed by atoms with Gasteiger partial charge in [-0.05, 0) is 26.7 Å². The van der Waals surface area contributed by atoms with Crippen LogP contribution in [0.1, 0.15) is 47.0 Å². The summed E-state index contributed by atoms with van der Waals surface area (Å²) in [6, 6.07) is 0. The Morgan fingerprint density at radius 1 is 1.33 bits per heavy atom. The van der Waals surface area contributed by atoms with Crippen molar-refractivity contribution < 1.29 is 14.6 Å². The molecule has 0 rings (SSSR count). The Labute approximate surface area is 74.0 Å². The third kappa shape index (κ3) is 5.13. The van der Waals surface area contributed by atoms with Gasteiger partial charge in [-0.25, -0.2) is 4.79 Å². The van der Waals surface area contributed by atoms with E-state index < -0.39 is 0 Å². The summed E-state index contributed by atoms with van der Waals surface area (Å²) in [5.74, 6) is -0.293. The highest BCUT2D eigenvalue weighted by Gasteiger charge is 2.18. The molecule has 3 heteroatoms. The highest BCUT2D eigenvalue weighted by Crippen LogP contribution is 2.14. The van der Waals surface area contributed by atoms with Gasteiger partial charge in [0.2, 0.25) is 0 Å². The summed E-state index contributed by atoms with van der Waals surface area (Å²) in [6.07, 6.45) is 2.01. The summed E-state index contributed by atoms with van der Waals surface area (Å²) in [4.78, 5) is 20.4. The molecule has 0 saturated heterocycles. The van der Waals surface area contributed by atoms with E-state index in [1.807, 2.05) is 27.7 Å². The number of carbonyl (C=O) groups excluding carboxylic acids is 1. The first-order chi connectivity index (χ1) is 5.52. The van der Waals surface area contributed by atoms with E-state index in [0.717, 1.165) is 12.8 Å². The molecule has 0 aromatic heterocycles. The van der Waals surface area contributed by atoms with E-state index >= 15 is 0 Å². The van der Waals surface area contributed by atoms with Crippen LogP contribution in [0.3, 0.4) is 0 Å². The van der Waals surface area contributed by atoms with E-state index in [2.05, 4.69) is 4.89 Å². The fourth-order valence-corrected chi connectivity index (χ4v) is 0.464. The monoisotopic (exact) mass is 174 g/mol. The van der Waals surface area contributed by atoms with Crippen LogP contribution < -0.4 is 0 Å². The van der Waals surface area contributed by atoms with Gasteiger partial charge < -0.3 is 0 Å². The SMILES string of the molecule is CCCC(=O)OOC(C)(C)CC. The van der Waals surface area contributed by atoms with Gasteiger partial charge in [-0.15, -0.1) is 0 Å². The fourth-order valence-electron chi connectivity index (χ4n) is 0.464. The van der Waals surface area contributed by atoms with Crippen LogP contribution in [0, 0.1) is 0 Å².